The molecular formula is C31H47N3O. The Labute approximate surface area is 213 Å². The molecule has 35 heavy (non-hydrogen) atoms. The number of nitrogens with zero attached hydrogens (tertiary/aromatic N) is 3. The number of hydrogen-bond acceptors (Lipinski definition) is 4. The molecule has 6 rings (SSSR count). The maximum absolute atomic E-state index is 10.3. The number of fused-ring (bicyclic) bond motifs is 5. The Bertz CT molecular complexity index is 924. The van der Waals surface area contributed by atoms with Crippen LogP contribution in [0.2, 0.25) is 0 Å². The molecule has 192 valence electrons. The van der Waals surface area contributed by atoms with Crippen molar-refractivity contribution in [3.05, 3.63) is 36.2 Å². The predicted octanol–water partition coefficient (Wildman–Crippen LogP) is 5.78. The van der Waals surface area contributed by atoms with Gasteiger partial charge in [0.05, 0.1) is 6.10 Å². The van der Waals surface area contributed by atoms with Crippen molar-refractivity contribution < 1.29 is 5.11 Å². The van der Waals surface area contributed by atoms with E-state index in [4.69, 9.17) is 0 Å². The van der Waals surface area contributed by atoms with Gasteiger partial charge in [-0.05, 0) is 104 Å². The third-order valence-electron chi connectivity index (χ3n) is 11.8. The first-order valence-corrected chi connectivity index (χ1v) is 14.6. The molecule has 1 aliphatic heterocycles. The summed E-state index contributed by atoms with van der Waals surface area (Å²) in [5.41, 5.74) is 3.81. The highest BCUT2D eigenvalue weighted by molar-refractivity contribution is 5.45. The zero-order valence-corrected chi connectivity index (χ0v) is 22.3. The minimum Gasteiger partial charge on any atom is -0.393 e. The van der Waals surface area contributed by atoms with E-state index in [1.54, 1.807) is 5.57 Å². The van der Waals surface area contributed by atoms with Gasteiger partial charge in [0.1, 0.15) is 0 Å². The molecule has 1 aromatic heterocycles. The van der Waals surface area contributed by atoms with Gasteiger partial charge in [-0.2, -0.15) is 0 Å². The summed E-state index contributed by atoms with van der Waals surface area (Å²) in [6, 6.07) is 4.29. The third-order valence-corrected chi connectivity index (χ3v) is 11.8. The van der Waals surface area contributed by atoms with Gasteiger partial charge in [0.15, 0.2) is 0 Å². The van der Waals surface area contributed by atoms with Gasteiger partial charge < -0.3 is 10.0 Å². The first-order chi connectivity index (χ1) is 16.9. The van der Waals surface area contributed by atoms with Gasteiger partial charge in [-0.1, -0.05) is 32.4 Å². The third kappa shape index (κ3) is 4.07. The lowest BCUT2D eigenvalue weighted by Crippen LogP contribution is -2.52. The van der Waals surface area contributed by atoms with Crippen LogP contribution in [0.1, 0.15) is 72.1 Å². The molecule has 0 spiro atoms. The molecule has 1 saturated heterocycles. The number of rotatable bonds is 4. The van der Waals surface area contributed by atoms with E-state index >= 15 is 0 Å². The van der Waals surface area contributed by atoms with E-state index in [1.165, 1.54) is 63.8 Å². The Balaban J connectivity index is 1.10. The van der Waals surface area contributed by atoms with Gasteiger partial charge >= 0.3 is 0 Å². The maximum atomic E-state index is 10.3. The quantitative estimate of drug-likeness (QED) is 0.558. The van der Waals surface area contributed by atoms with Gasteiger partial charge in [0.25, 0.3) is 0 Å². The Morgan fingerprint density at radius 1 is 1.00 bits per heavy atom. The van der Waals surface area contributed by atoms with Crippen LogP contribution in [-0.4, -0.2) is 53.8 Å². The number of pyridine rings is 1. The van der Waals surface area contributed by atoms with Crippen LogP contribution in [-0.2, 0) is 0 Å². The number of allylic oxidation sites excluding steroid dienone is 1. The van der Waals surface area contributed by atoms with E-state index in [0.717, 1.165) is 55.5 Å². The Morgan fingerprint density at radius 3 is 2.54 bits per heavy atom. The average Bonchev–Trinajstić information content (AvgIpc) is 3.23. The smallest absolute Gasteiger partial charge is 0.0577 e. The van der Waals surface area contributed by atoms with Crippen molar-refractivity contribution in [2.24, 2.45) is 40.4 Å². The molecule has 0 bridgehead atoms. The second kappa shape index (κ2) is 9.17. The zero-order chi connectivity index (χ0) is 24.2. The highest BCUT2D eigenvalue weighted by atomic mass is 16.3. The van der Waals surface area contributed by atoms with Crippen molar-refractivity contribution in [2.75, 3.05) is 37.6 Å². The molecule has 0 unspecified atom stereocenters. The number of aromatic nitrogens is 1. The van der Waals surface area contributed by atoms with Gasteiger partial charge in [-0.3, -0.25) is 9.88 Å². The summed E-state index contributed by atoms with van der Waals surface area (Å²) in [5, 5.41) is 10.3. The lowest BCUT2D eigenvalue weighted by atomic mass is 9.47. The normalized spacial score (nSPS) is 42.6. The van der Waals surface area contributed by atoms with Crippen molar-refractivity contribution in [1.82, 2.24) is 9.88 Å². The van der Waals surface area contributed by atoms with Crippen LogP contribution in [0.5, 0.6) is 0 Å². The molecule has 0 amide bonds. The standard InChI is InChI=1S/C31H47N3O/c1-22(21-33-16-18-34(19-17-33)24-10-14-32-15-11-24)27-6-7-28-26-5-4-23-20-25(35)8-12-30(23,2)29(26)9-13-31(27,28)3/h4,10-11,14-15,22,25-29,35H,5-9,12-13,16-21H2,1-3H3/t22-,25+,26+,27-,28+,29+,30+,31-/m1/s1. The second-order valence-corrected chi connectivity index (χ2v) is 13.4. The van der Waals surface area contributed by atoms with Gasteiger partial charge in [0.2, 0.25) is 0 Å². The van der Waals surface area contributed by atoms with Crippen molar-refractivity contribution in [1.29, 1.82) is 0 Å². The number of hydrogen-bond donors (Lipinski definition) is 1. The number of piperazine rings is 1. The highest BCUT2D eigenvalue weighted by Crippen LogP contribution is 2.67. The van der Waals surface area contributed by atoms with Gasteiger partial charge in [-0.25, -0.2) is 0 Å². The highest BCUT2D eigenvalue weighted by Gasteiger charge is 2.59. The van der Waals surface area contributed by atoms with Crippen LogP contribution >= 0.6 is 0 Å². The van der Waals surface area contributed by atoms with Crippen LogP contribution in [0.3, 0.4) is 0 Å². The van der Waals surface area contributed by atoms with E-state index in [0.29, 0.717) is 10.8 Å². The molecule has 5 aliphatic rings. The van der Waals surface area contributed by atoms with E-state index in [-0.39, 0.29) is 6.10 Å². The van der Waals surface area contributed by atoms with Crippen molar-refractivity contribution in [2.45, 2.75) is 78.2 Å². The fourth-order valence-electron chi connectivity index (χ4n) is 9.90. The molecule has 0 aromatic carbocycles. The largest absolute Gasteiger partial charge is 0.393 e. The summed E-state index contributed by atoms with van der Waals surface area (Å²) in [7, 11) is 0. The van der Waals surface area contributed by atoms with Crippen LogP contribution in [0.4, 0.5) is 5.69 Å². The van der Waals surface area contributed by atoms with Crippen LogP contribution in [0.15, 0.2) is 36.2 Å². The zero-order valence-electron chi connectivity index (χ0n) is 22.3. The van der Waals surface area contributed by atoms with Crippen molar-refractivity contribution in [3.63, 3.8) is 0 Å². The van der Waals surface area contributed by atoms with Crippen LogP contribution < -0.4 is 4.90 Å². The molecule has 8 atom stereocenters. The number of aliphatic hydroxyl groups is 1. The Hall–Kier alpha value is -1.39. The summed E-state index contributed by atoms with van der Waals surface area (Å²) in [6.07, 6.45) is 16.5. The van der Waals surface area contributed by atoms with Crippen molar-refractivity contribution >= 4 is 5.69 Å². The molecule has 4 aliphatic carbocycles. The Morgan fingerprint density at radius 2 is 1.77 bits per heavy atom. The summed E-state index contributed by atoms with van der Waals surface area (Å²) in [5.74, 6) is 4.28. The first-order valence-electron chi connectivity index (χ1n) is 14.6. The summed E-state index contributed by atoms with van der Waals surface area (Å²) >= 11 is 0. The average molecular weight is 478 g/mol. The lowest BCUT2D eigenvalue weighted by molar-refractivity contribution is -0.0585. The van der Waals surface area contributed by atoms with Crippen molar-refractivity contribution in [3.8, 4) is 0 Å². The molecule has 1 aromatic rings. The molecule has 4 heteroatoms. The first kappa shape index (κ1) is 24.0. The molecule has 0 radical (unpaired) electrons. The molecule has 4 nitrogen and oxygen atoms in total. The van der Waals surface area contributed by atoms with E-state index < -0.39 is 0 Å². The van der Waals surface area contributed by atoms with Gasteiger partial charge in [-0.15, -0.1) is 0 Å². The molecule has 2 heterocycles. The van der Waals surface area contributed by atoms with E-state index in [2.05, 4.69) is 53.8 Å². The summed E-state index contributed by atoms with van der Waals surface area (Å²) < 4.78 is 0. The van der Waals surface area contributed by atoms with Crippen LogP contribution in [0.25, 0.3) is 0 Å². The number of anilines is 1. The van der Waals surface area contributed by atoms with E-state index in [9.17, 15) is 5.11 Å². The molecule has 4 fully saturated rings. The monoisotopic (exact) mass is 477 g/mol. The topological polar surface area (TPSA) is 39.6 Å². The predicted molar refractivity (Wildman–Crippen MR) is 143 cm³/mol. The molecule has 1 N–H and O–H groups in total. The fourth-order valence-corrected chi connectivity index (χ4v) is 9.90. The lowest BCUT2D eigenvalue weighted by Gasteiger charge is -2.58. The minimum atomic E-state index is -0.0944. The SMILES string of the molecule is C[C@H](CN1CCN(c2ccncc2)CC1)[C@H]1CC[C@H]2[C@@H]3CC=C4C[C@@H](O)CC[C@]4(C)[C@H]3CC[C@]12C. The molecule has 3 saturated carbocycles. The van der Waals surface area contributed by atoms with Crippen LogP contribution in [0, 0.1) is 40.4 Å². The van der Waals surface area contributed by atoms with E-state index in [1.807, 2.05) is 12.4 Å². The minimum absolute atomic E-state index is 0.0944. The van der Waals surface area contributed by atoms with Gasteiger partial charge in [0, 0.05) is 50.8 Å². The summed E-state index contributed by atoms with van der Waals surface area (Å²) in [4.78, 5) is 9.44. The second-order valence-electron chi connectivity index (χ2n) is 13.4. The fraction of sp³-hybridized carbons (Fsp3) is 0.774. The summed E-state index contributed by atoms with van der Waals surface area (Å²) in [6.45, 7) is 13.7. The molecular weight excluding hydrogens is 430 g/mol. The number of aliphatic hydroxyl groups excluding tert-OH is 1. The Kier molecular flexibility index (Phi) is 6.28. The maximum Gasteiger partial charge on any atom is 0.0577 e.